The zero-order chi connectivity index (χ0) is 15.0. The first-order valence-electron chi connectivity index (χ1n) is 7.50. The minimum Gasteiger partial charge on any atom is -0.383 e. The molecule has 1 aromatic rings. The van der Waals surface area contributed by atoms with Gasteiger partial charge in [0.05, 0.1) is 6.61 Å². The second-order valence-corrected chi connectivity index (χ2v) is 6.06. The number of nitrogens with zero attached hydrogens (tertiary/aromatic N) is 1. The molecule has 0 aromatic heterocycles. The Morgan fingerprint density at radius 1 is 1.10 bits per heavy atom. The average Bonchev–Trinajstić information content (AvgIpc) is 2.40. The molecule has 20 heavy (non-hydrogen) atoms. The van der Waals surface area contributed by atoms with Crippen molar-refractivity contribution in [2.24, 2.45) is 5.92 Å². The lowest BCUT2D eigenvalue weighted by molar-refractivity contribution is 0.112. The van der Waals surface area contributed by atoms with E-state index in [0.29, 0.717) is 12.0 Å². The van der Waals surface area contributed by atoms with Crippen molar-refractivity contribution in [2.45, 2.75) is 39.9 Å². The van der Waals surface area contributed by atoms with E-state index in [1.165, 1.54) is 11.1 Å². The highest BCUT2D eigenvalue weighted by molar-refractivity contribution is 5.22. The maximum Gasteiger partial charge on any atom is 0.0615 e. The molecule has 0 radical (unpaired) electrons. The fourth-order valence-corrected chi connectivity index (χ4v) is 2.08. The standard InChI is InChI=1S/C17H30N2O/c1-14(2)10-18-11-16-6-8-17(9-7-16)12-19(4)15(3)13-20-5/h6-9,14-15,18H,10-13H2,1-5H3. The minimum atomic E-state index is 0.437. The van der Waals surface area contributed by atoms with Crippen molar-refractivity contribution in [3.05, 3.63) is 35.4 Å². The van der Waals surface area contributed by atoms with Crippen molar-refractivity contribution >= 4 is 0 Å². The Kier molecular flexibility index (Phi) is 7.82. The van der Waals surface area contributed by atoms with Gasteiger partial charge >= 0.3 is 0 Å². The van der Waals surface area contributed by atoms with E-state index in [0.717, 1.165) is 26.2 Å². The van der Waals surface area contributed by atoms with Gasteiger partial charge in [0.15, 0.2) is 0 Å². The summed E-state index contributed by atoms with van der Waals surface area (Å²) in [7, 11) is 3.89. The second kappa shape index (κ2) is 9.11. The van der Waals surface area contributed by atoms with Gasteiger partial charge in [-0.1, -0.05) is 38.1 Å². The lowest BCUT2D eigenvalue weighted by Crippen LogP contribution is -2.32. The maximum absolute atomic E-state index is 5.20. The lowest BCUT2D eigenvalue weighted by Gasteiger charge is -2.24. The van der Waals surface area contributed by atoms with Crippen molar-refractivity contribution in [1.29, 1.82) is 0 Å². The third kappa shape index (κ3) is 6.51. The molecule has 0 saturated carbocycles. The van der Waals surface area contributed by atoms with Crippen LogP contribution in [0.5, 0.6) is 0 Å². The molecule has 0 amide bonds. The van der Waals surface area contributed by atoms with Gasteiger partial charge in [0.2, 0.25) is 0 Å². The number of hydrogen-bond acceptors (Lipinski definition) is 3. The normalized spacial score (nSPS) is 13.2. The van der Waals surface area contributed by atoms with Gasteiger partial charge in [0.25, 0.3) is 0 Å². The van der Waals surface area contributed by atoms with Gasteiger partial charge in [-0.15, -0.1) is 0 Å². The molecule has 0 aliphatic carbocycles. The van der Waals surface area contributed by atoms with Crippen molar-refractivity contribution in [2.75, 3.05) is 27.3 Å². The van der Waals surface area contributed by atoms with Crippen LogP contribution in [0.4, 0.5) is 0 Å². The van der Waals surface area contributed by atoms with E-state index in [4.69, 9.17) is 4.74 Å². The number of likely N-dealkylation sites (N-methyl/N-ethyl adjacent to an activating group) is 1. The number of nitrogens with one attached hydrogen (secondary N) is 1. The summed E-state index contributed by atoms with van der Waals surface area (Å²) in [6, 6.07) is 9.33. The van der Waals surface area contributed by atoms with Gasteiger partial charge in [-0.2, -0.15) is 0 Å². The summed E-state index contributed by atoms with van der Waals surface area (Å²) in [5.41, 5.74) is 2.70. The summed E-state index contributed by atoms with van der Waals surface area (Å²) < 4.78 is 5.20. The van der Waals surface area contributed by atoms with E-state index in [-0.39, 0.29) is 0 Å². The van der Waals surface area contributed by atoms with Crippen LogP contribution < -0.4 is 5.32 Å². The summed E-state index contributed by atoms with van der Waals surface area (Å²) in [4.78, 5) is 2.31. The summed E-state index contributed by atoms with van der Waals surface area (Å²) >= 11 is 0. The van der Waals surface area contributed by atoms with Crippen LogP contribution in [-0.4, -0.2) is 38.3 Å². The summed E-state index contributed by atoms with van der Waals surface area (Å²) in [5, 5.41) is 3.47. The van der Waals surface area contributed by atoms with Crippen LogP contribution in [0.15, 0.2) is 24.3 Å². The molecule has 0 fully saturated rings. The van der Waals surface area contributed by atoms with Crippen LogP contribution in [0.3, 0.4) is 0 Å². The zero-order valence-corrected chi connectivity index (χ0v) is 13.6. The predicted octanol–water partition coefficient (Wildman–Crippen LogP) is 2.90. The Bertz CT molecular complexity index is 362. The lowest BCUT2D eigenvalue weighted by atomic mass is 10.1. The fraction of sp³-hybridized carbons (Fsp3) is 0.647. The van der Waals surface area contributed by atoms with Gasteiger partial charge in [-0.25, -0.2) is 0 Å². The molecule has 3 heteroatoms. The molecule has 1 unspecified atom stereocenters. The Hall–Kier alpha value is -0.900. The van der Waals surface area contributed by atoms with Crippen LogP contribution in [0.25, 0.3) is 0 Å². The van der Waals surface area contributed by atoms with E-state index < -0.39 is 0 Å². The van der Waals surface area contributed by atoms with Gasteiger partial charge in [-0.3, -0.25) is 4.90 Å². The molecule has 1 atom stereocenters. The van der Waals surface area contributed by atoms with Crippen LogP contribution in [0.1, 0.15) is 31.9 Å². The molecule has 0 bridgehead atoms. The Labute approximate surface area is 124 Å². The minimum absolute atomic E-state index is 0.437. The van der Waals surface area contributed by atoms with Crippen LogP contribution in [0.2, 0.25) is 0 Å². The molecule has 1 rings (SSSR count). The fourth-order valence-electron chi connectivity index (χ4n) is 2.08. The molecule has 0 spiro atoms. The highest BCUT2D eigenvalue weighted by Crippen LogP contribution is 2.09. The quantitative estimate of drug-likeness (QED) is 0.751. The molecule has 114 valence electrons. The molecule has 0 aliphatic heterocycles. The van der Waals surface area contributed by atoms with E-state index in [1.807, 2.05) is 0 Å². The summed E-state index contributed by atoms with van der Waals surface area (Å²) in [6.45, 7) is 10.4. The Morgan fingerprint density at radius 2 is 1.70 bits per heavy atom. The van der Waals surface area contributed by atoms with Gasteiger partial charge in [-0.05, 0) is 37.6 Å². The number of rotatable bonds is 9. The summed E-state index contributed by atoms with van der Waals surface area (Å²) in [6.07, 6.45) is 0. The first kappa shape index (κ1) is 17.2. The zero-order valence-electron chi connectivity index (χ0n) is 13.6. The van der Waals surface area contributed by atoms with Crippen molar-refractivity contribution < 1.29 is 4.74 Å². The Morgan fingerprint density at radius 3 is 2.25 bits per heavy atom. The molecule has 0 heterocycles. The number of methoxy groups -OCH3 is 1. The molecule has 1 N–H and O–H groups in total. The van der Waals surface area contributed by atoms with Crippen molar-refractivity contribution in [3.8, 4) is 0 Å². The predicted molar refractivity (Wildman–Crippen MR) is 85.8 cm³/mol. The monoisotopic (exact) mass is 278 g/mol. The van der Waals surface area contributed by atoms with E-state index in [9.17, 15) is 0 Å². The third-order valence-corrected chi connectivity index (χ3v) is 3.50. The highest BCUT2D eigenvalue weighted by atomic mass is 16.5. The number of benzene rings is 1. The molecule has 0 saturated heterocycles. The number of hydrogen-bond donors (Lipinski definition) is 1. The first-order valence-corrected chi connectivity index (χ1v) is 7.50. The van der Waals surface area contributed by atoms with Crippen molar-refractivity contribution in [1.82, 2.24) is 10.2 Å². The van der Waals surface area contributed by atoms with Gasteiger partial charge < -0.3 is 10.1 Å². The summed E-state index contributed by atoms with van der Waals surface area (Å²) in [5.74, 6) is 0.699. The molecule has 1 aromatic carbocycles. The van der Waals surface area contributed by atoms with Gasteiger partial charge in [0.1, 0.15) is 0 Å². The first-order chi connectivity index (χ1) is 9.52. The topological polar surface area (TPSA) is 24.5 Å². The van der Waals surface area contributed by atoms with Crippen LogP contribution >= 0.6 is 0 Å². The average molecular weight is 278 g/mol. The Balaban J connectivity index is 2.41. The number of ether oxygens (including phenoxy) is 1. The van der Waals surface area contributed by atoms with E-state index in [1.54, 1.807) is 7.11 Å². The highest BCUT2D eigenvalue weighted by Gasteiger charge is 2.08. The largest absolute Gasteiger partial charge is 0.383 e. The van der Waals surface area contributed by atoms with E-state index >= 15 is 0 Å². The second-order valence-electron chi connectivity index (χ2n) is 6.06. The molecule has 0 aliphatic rings. The SMILES string of the molecule is COCC(C)N(C)Cc1ccc(CNCC(C)C)cc1. The molecule has 3 nitrogen and oxygen atoms in total. The third-order valence-electron chi connectivity index (χ3n) is 3.50. The van der Waals surface area contributed by atoms with Gasteiger partial charge in [0, 0.05) is 26.2 Å². The van der Waals surface area contributed by atoms with Crippen molar-refractivity contribution in [3.63, 3.8) is 0 Å². The molecular formula is C17H30N2O. The maximum atomic E-state index is 5.20. The smallest absolute Gasteiger partial charge is 0.0615 e. The van der Waals surface area contributed by atoms with Crippen LogP contribution in [0, 0.1) is 5.92 Å². The van der Waals surface area contributed by atoms with E-state index in [2.05, 4.69) is 62.3 Å². The molecular weight excluding hydrogens is 248 g/mol. The van der Waals surface area contributed by atoms with Crippen LogP contribution in [-0.2, 0) is 17.8 Å².